The molecular formula is C20H22N2O5S. The zero-order valence-electron chi connectivity index (χ0n) is 15.0. The SMILES string of the molecule is OCC(O)C(O)C(O)C(O)C=NC1=Nc2ccc(Sc3ccccc3)cc2C1. The van der Waals surface area contributed by atoms with Crippen molar-refractivity contribution in [3.63, 3.8) is 0 Å². The average Bonchev–Trinajstić information content (AvgIpc) is 3.13. The van der Waals surface area contributed by atoms with Crippen molar-refractivity contribution in [3.05, 3.63) is 54.1 Å². The van der Waals surface area contributed by atoms with E-state index in [1.165, 1.54) is 0 Å². The Morgan fingerprint density at radius 3 is 2.46 bits per heavy atom. The van der Waals surface area contributed by atoms with E-state index >= 15 is 0 Å². The van der Waals surface area contributed by atoms with Crippen LogP contribution in [0.2, 0.25) is 0 Å². The first-order valence-corrected chi connectivity index (χ1v) is 9.60. The Hall–Kier alpha value is -2.07. The van der Waals surface area contributed by atoms with Crippen LogP contribution >= 0.6 is 11.8 Å². The normalized spacial score (nSPS) is 17.8. The third-order valence-electron chi connectivity index (χ3n) is 4.29. The van der Waals surface area contributed by atoms with Gasteiger partial charge in [0.1, 0.15) is 30.3 Å². The number of aliphatic hydroxyl groups is 5. The van der Waals surface area contributed by atoms with Gasteiger partial charge >= 0.3 is 0 Å². The Balaban J connectivity index is 1.61. The lowest BCUT2D eigenvalue weighted by molar-refractivity contribution is -0.0999. The van der Waals surface area contributed by atoms with Crippen molar-refractivity contribution in [2.75, 3.05) is 6.61 Å². The number of fused-ring (bicyclic) bond motifs is 1. The molecule has 4 unspecified atom stereocenters. The van der Waals surface area contributed by atoms with Crippen LogP contribution in [0.5, 0.6) is 0 Å². The standard InChI is InChI=1S/C20H22N2O5S/c23-11-17(25)20(27)19(26)16(24)10-21-18-9-12-8-14(6-7-15(12)22-18)28-13-4-2-1-3-5-13/h1-8,10,16-17,19-20,23-27H,9,11H2. The second-order valence-corrected chi connectivity index (χ2v) is 7.56. The molecule has 1 aliphatic heterocycles. The fraction of sp³-hybridized carbons (Fsp3) is 0.300. The highest BCUT2D eigenvalue weighted by Crippen LogP contribution is 2.34. The summed E-state index contributed by atoms with van der Waals surface area (Å²) >= 11 is 1.65. The van der Waals surface area contributed by atoms with Crippen LogP contribution in [0.1, 0.15) is 5.56 Å². The van der Waals surface area contributed by atoms with E-state index in [0.717, 1.165) is 27.3 Å². The zero-order valence-corrected chi connectivity index (χ0v) is 15.8. The molecule has 148 valence electrons. The minimum absolute atomic E-state index is 0.473. The summed E-state index contributed by atoms with van der Waals surface area (Å²) < 4.78 is 0. The topological polar surface area (TPSA) is 126 Å². The van der Waals surface area contributed by atoms with E-state index < -0.39 is 31.0 Å². The van der Waals surface area contributed by atoms with Crippen molar-refractivity contribution in [3.8, 4) is 0 Å². The number of rotatable bonds is 7. The van der Waals surface area contributed by atoms with Crippen molar-refractivity contribution in [1.29, 1.82) is 0 Å². The van der Waals surface area contributed by atoms with Crippen LogP contribution in [0, 0.1) is 0 Å². The van der Waals surface area contributed by atoms with Crippen molar-refractivity contribution >= 4 is 29.5 Å². The fourth-order valence-corrected chi connectivity index (χ4v) is 3.61. The summed E-state index contributed by atoms with van der Waals surface area (Å²) in [5, 5.41) is 47.5. The van der Waals surface area contributed by atoms with E-state index in [1.807, 2.05) is 48.5 Å². The largest absolute Gasteiger partial charge is 0.394 e. The molecule has 0 aromatic heterocycles. The average molecular weight is 402 g/mol. The number of hydrogen-bond acceptors (Lipinski definition) is 8. The molecule has 2 aromatic rings. The molecule has 0 fully saturated rings. The van der Waals surface area contributed by atoms with Gasteiger partial charge in [-0.25, -0.2) is 9.98 Å². The molecule has 28 heavy (non-hydrogen) atoms. The maximum absolute atomic E-state index is 9.91. The maximum atomic E-state index is 9.91. The van der Waals surface area contributed by atoms with Crippen molar-refractivity contribution < 1.29 is 25.5 Å². The van der Waals surface area contributed by atoms with Crippen molar-refractivity contribution in [2.24, 2.45) is 9.98 Å². The van der Waals surface area contributed by atoms with Gasteiger partial charge in [-0.2, -0.15) is 0 Å². The van der Waals surface area contributed by atoms with E-state index in [-0.39, 0.29) is 0 Å². The molecule has 7 nitrogen and oxygen atoms in total. The molecule has 4 atom stereocenters. The summed E-state index contributed by atoms with van der Waals surface area (Å²) in [6.45, 7) is -0.729. The Kier molecular flexibility index (Phi) is 6.95. The van der Waals surface area contributed by atoms with Crippen LogP contribution in [0.3, 0.4) is 0 Å². The quantitative estimate of drug-likeness (QED) is 0.439. The molecule has 1 aliphatic rings. The van der Waals surface area contributed by atoms with Gasteiger partial charge in [-0.3, -0.25) is 0 Å². The van der Waals surface area contributed by atoms with Gasteiger partial charge in [0.15, 0.2) is 0 Å². The summed E-state index contributed by atoms with van der Waals surface area (Å²) in [4.78, 5) is 10.7. The molecular weight excluding hydrogens is 380 g/mol. The van der Waals surface area contributed by atoms with Crippen LogP contribution in [0.4, 0.5) is 5.69 Å². The summed E-state index contributed by atoms with van der Waals surface area (Å²) in [6, 6.07) is 16.0. The first-order valence-electron chi connectivity index (χ1n) is 8.78. The van der Waals surface area contributed by atoms with Crippen LogP contribution in [-0.2, 0) is 6.42 Å². The van der Waals surface area contributed by atoms with Crippen LogP contribution in [0.15, 0.2) is 68.3 Å². The van der Waals surface area contributed by atoms with Gasteiger partial charge < -0.3 is 25.5 Å². The fourth-order valence-electron chi connectivity index (χ4n) is 2.71. The maximum Gasteiger partial charge on any atom is 0.133 e. The van der Waals surface area contributed by atoms with Gasteiger partial charge in [0.05, 0.1) is 12.3 Å². The molecule has 0 amide bonds. The highest BCUT2D eigenvalue weighted by atomic mass is 32.2. The molecule has 1 heterocycles. The van der Waals surface area contributed by atoms with E-state index in [0.29, 0.717) is 12.3 Å². The minimum atomic E-state index is -1.69. The molecule has 0 saturated carbocycles. The minimum Gasteiger partial charge on any atom is -0.394 e. The Labute approximate surface area is 166 Å². The zero-order chi connectivity index (χ0) is 20.1. The number of nitrogens with zero attached hydrogens (tertiary/aromatic N) is 2. The molecule has 2 aromatic carbocycles. The van der Waals surface area contributed by atoms with Gasteiger partial charge in [0, 0.05) is 22.4 Å². The predicted molar refractivity (Wildman–Crippen MR) is 107 cm³/mol. The predicted octanol–water partition coefficient (Wildman–Crippen LogP) is 0.931. The summed E-state index contributed by atoms with van der Waals surface area (Å²) in [6.07, 6.45) is -4.86. The molecule has 5 N–H and O–H groups in total. The number of amidine groups is 1. The Bertz CT molecular complexity index is 859. The summed E-state index contributed by atoms with van der Waals surface area (Å²) in [5.74, 6) is 0.473. The number of benzene rings is 2. The van der Waals surface area contributed by atoms with E-state index in [1.54, 1.807) is 11.8 Å². The van der Waals surface area contributed by atoms with E-state index in [4.69, 9.17) is 5.11 Å². The van der Waals surface area contributed by atoms with Gasteiger partial charge in [0.25, 0.3) is 0 Å². The first kappa shape index (κ1) is 20.7. The third kappa shape index (κ3) is 5.05. The van der Waals surface area contributed by atoms with Gasteiger partial charge in [-0.1, -0.05) is 30.0 Å². The van der Waals surface area contributed by atoms with Gasteiger partial charge in [0.2, 0.25) is 0 Å². The van der Waals surface area contributed by atoms with Crippen LogP contribution in [-0.4, -0.2) is 68.6 Å². The number of aliphatic imine (C=N–C) groups is 2. The smallest absolute Gasteiger partial charge is 0.133 e. The van der Waals surface area contributed by atoms with E-state index in [9.17, 15) is 20.4 Å². The molecule has 0 radical (unpaired) electrons. The molecule has 8 heteroatoms. The number of hydrogen-bond donors (Lipinski definition) is 5. The second-order valence-electron chi connectivity index (χ2n) is 6.41. The lowest BCUT2D eigenvalue weighted by atomic mass is 10.0. The summed E-state index contributed by atoms with van der Waals surface area (Å²) in [7, 11) is 0. The third-order valence-corrected chi connectivity index (χ3v) is 5.28. The molecule has 0 bridgehead atoms. The molecule has 0 saturated heterocycles. The summed E-state index contributed by atoms with van der Waals surface area (Å²) in [5.41, 5.74) is 1.81. The highest BCUT2D eigenvalue weighted by Gasteiger charge is 2.29. The molecule has 0 aliphatic carbocycles. The lowest BCUT2D eigenvalue weighted by Gasteiger charge is -2.23. The van der Waals surface area contributed by atoms with Crippen LogP contribution < -0.4 is 0 Å². The van der Waals surface area contributed by atoms with Gasteiger partial charge in [-0.15, -0.1) is 0 Å². The van der Waals surface area contributed by atoms with Crippen molar-refractivity contribution in [2.45, 2.75) is 40.6 Å². The van der Waals surface area contributed by atoms with E-state index in [2.05, 4.69) is 9.98 Å². The number of aliphatic hydroxyl groups excluding tert-OH is 5. The molecule has 3 rings (SSSR count). The lowest BCUT2D eigenvalue weighted by Crippen LogP contribution is -2.46. The van der Waals surface area contributed by atoms with Crippen molar-refractivity contribution in [1.82, 2.24) is 0 Å². The first-order chi connectivity index (χ1) is 13.5. The second kappa shape index (κ2) is 9.42. The van der Waals surface area contributed by atoms with Crippen LogP contribution in [0.25, 0.3) is 0 Å². The Morgan fingerprint density at radius 2 is 1.75 bits per heavy atom. The highest BCUT2D eigenvalue weighted by molar-refractivity contribution is 7.99. The Morgan fingerprint density at radius 1 is 1.00 bits per heavy atom. The monoisotopic (exact) mass is 402 g/mol. The molecule has 0 spiro atoms. The van der Waals surface area contributed by atoms with Gasteiger partial charge in [-0.05, 0) is 35.9 Å².